The summed E-state index contributed by atoms with van der Waals surface area (Å²) in [6.45, 7) is 8.49. The normalized spacial score (nSPS) is 34.1. The van der Waals surface area contributed by atoms with Crippen molar-refractivity contribution < 1.29 is 5.11 Å². The second kappa shape index (κ2) is 3.83. The van der Waals surface area contributed by atoms with Crippen LogP contribution in [0.25, 0.3) is 0 Å². The number of rotatable bonds is 4. The third-order valence-electron chi connectivity index (χ3n) is 3.27. The van der Waals surface area contributed by atoms with Crippen molar-refractivity contribution in [3.8, 4) is 0 Å². The van der Waals surface area contributed by atoms with Crippen molar-refractivity contribution in [1.82, 2.24) is 0 Å². The molecule has 0 aromatic heterocycles. The number of aliphatic hydroxyl groups excluding tert-OH is 1. The monoisotopic (exact) mass is 182 g/mol. The number of hydrogen-bond acceptors (Lipinski definition) is 1. The van der Waals surface area contributed by atoms with Gasteiger partial charge >= 0.3 is 0 Å². The molecular formula is C12H22O. The first-order chi connectivity index (χ1) is 5.96. The standard InChI is InChI=1S/C12H22O/c1-9(2)6-5-7-12(4)8-11(12)10(3)13/h6,10-11,13H,5,7-8H2,1-4H3/t10?,11-,12+/m0/s1. The molecular weight excluding hydrogens is 160 g/mol. The summed E-state index contributed by atoms with van der Waals surface area (Å²) >= 11 is 0. The van der Waals surface area contributed by atoms with Crippen LogP contribution in [0, 0.1) is 11.3 Å². The molecule has 1 heteroatoms. The fraction of sp³-hybridized carbons (Fsp3) is 0.833. The molecule has 0 aromatic carbocycles. The minimum Gasteiger partial charge on any atom is -0.393 e. The summed E-state index contributed by atoms with van der Waals surface area (Å²) in [5.41, 5.74) is 1.83. The van der Waals surface area contributed by atoms with E-state index in [0.29, 0.717) is 11.3 Å². The summed E-state index contributed by atoms with van der Waals surface area (Å²) in [7, 11) is 0. The van der Waals surface area contributed by atoms with Gasteiger partial charge in [0.15, 0.2) is 0 Å². The highest BCUT2D eigenvalue weighted by Crippen LogP contribution is 2.57. The zero-order chi connectivity index (χ0) is 10.1. The minimum absolute atomic E-state index is 0.114. The van der Waals surface area contributed by atoms with Gasteiger partial charge in [0.1, 0.15) is 0 Å². The van der Waals surface area contributed by atoms with Crippen molar-refractivity contribution in [2.24, 2.45) is 11.3 Å². The highest BCUT2D eigenvalue weighted by molar-refractivity contribution is 5.03. The molecule has 0 bridgehead atoms. The van der Waals surface area contributed by atoms with Crippen LogP contribution in [-0.4, -0.2) is 11.2 Å². The summed E-state index contributed by atoms with van der Waals surface area (Å²) in [5.74, 6) is 0.554. The SMILES string of the molecule is CC(C)=CCC[C@]1(C)C[C@H]1C(C)O. The van der Waals surface area contributed by atoms with E-state index >= 15 is 0 Å². The molecule has 0 aliphatic heterocycles. The third kappa shape index (κ3) is 2.84. The minimum atomic E-state index is -0.114. The molecule has 1 fully saturated rings. The molecule has 13 heavy (non-hydrogen) atoms. The van der Waals surface area contributed by atoms with Crippen LogP contribution in [-0.2, 0) is 0 Å². The smallest absolute Gasteiger partial charge is 0.0545 e. The Morgan fingerprint density at radius 3 is 2.62 bits per heavy atom. The van der Waals surface area contributed by atoms with E-state index in [-0.39, 0.29) is 6.10 Å². The summed E-state index contributed by atoms with van der Waals surface area (Å²) in [5, 5.41) is 9.42. The molecule has 1 saturated carbocycles. The topological polar surface area (TPSA) is 20.2 Å². The van der Waals surface area contributed by atoms with Gasteiger partial charge in [-0.3, -0.25) is 0 Å². The number of aliphatic hydroxyl groups is 1. The van der Waals surface area contributed by atoms with Crippen molar-refractivity contribution in [2.75, 3.05) is 0 Å². The van der Waals surface area contributed by atoms with Crippen molar-refractivity contribution in [3.63, 3.8) is 0 Å². The molecule has 0 spiro atoms. The predicted octanol–water partition coefficient (Wildman–Crippen LogP) is 3.14. The molecule has 0 amide bonds. The van der Waals surface area contributed by atoms with Gasteiger partial charge in [0.05, 0.1) is 6.10 Å². The lowest BCUT2D eigenvalue weighted by Crippen LogP contribution is -2.09. The lowest BCUT2D eigenvalue weighted by Gasteiger charge is -2.11. The highest BCUT2D eigenvalue weighted by Gasteiger charge is 2.51. The first kappa shape index (κ1) is 10.8. The Balaban J connectivity index is 2.28. The van der Waals surface area contributed by atoms with E-state index in [1.54, 1.807) is 0 Å². The van der Waals surface area contributed by atoms with Crippen LogP contribution in [0.15, 0.2) is 11.6 Å². The van der Waals surface area contributed by atoms with E-state index in [1.165, 1.54) is 24.8 Å². The Labute approximate surface area is 81.9 Å². The predicted molar refractivity (Wildman–Crippen MR) is 56.6 cm³/mol. The van der Waals surface area contributed by atoms with Gasteiger partial charge < -0.3 is 5.11 Å². The first-order valence-corrected chi connectivity index (χ1v) is 5.27. The maximum atomic E-state index is 9.42. The molecule has 0 saturated heterocycles. The van der Waals surface area contributed by atoms with Gasteiger partial charge in [0, 0.05) is 0 Å². The van der Waals surface area contributed by atoms with E-state index in [0.717, 1.165) is 0 Å². The average molecular weight is 182 g/mol. The van der Waals surface area contributed by atoms with Crippen LogP contribution in [0.1, 0.15) is 47.0 Å². The van der Waals surface area contributed by atoms with Gasteiger partial charge in [0.2, 0.25) is 0 Å². The molecule has 0 aromatic rings. The highest BCUT2D eigenvalue weighted by atomic mass is 16.3. The van der Waals surface area contributed by atoms with Crippen LogP contribution in [0.5, 0.6) is 0 Å². The molecule has 1 N–H and O–H groups in total. The average Bonchev–Trinajstić information content (AvgIpc) is 2.62. The molecule has 1 rings (SSSR count). The molecule has 0 radical (unpaired) electrons. The molecule has 76 valence electrons. The Kier molecular flexibility index (Phi) is 3.18. The molecule has 1 nitrogen and oxygen atoms in total. The van der Waals surface area contributed by atoms with Gasteiger partial charge in [-0.05, 0) is 51.4 Å². The summed E-state index contributed by atoms with van der Waals surface area (Å²) in [4.78, 5) is 0. The zero-order valence-electron chi connectivity index (χ0n) is 9.30. The lowest BCUT2D eigenvalue weighted by atomic mass is 9.97. The largest absolute Gasteiger partial charge is 0.393 e. The second-order valence-electron chi connectivity index (χ2n) is 5.03. The van der Waals surface area contributed by atoms with E-state index in [9.17, 15) is 5.11 Å². The van der Waals surface area contributed by atoms with Gasteiger partial charge in [-0.25, -0.2) is 0 Å². The van der Waals surface area contributed by atoms with Crippen molar-refractivity contribution >= 4 is 0 Å². The zero-order valence-corrected chi connectivity index (χ0v) is 9.30. The number of hydrogen-bond donors (Lipinski definition) is 1. The third-order valence-corrected chi connectivity index (χ3v) is 3.27. The summed E-state index contributed by atoms with van der Waals surface area (Å²) in [6.07, 6.45) is 5.79. The Bertz CT molecular complexity index is 201. The van der Waals surface area contributed by atoms with Crippen molar-refractivity contribution in [1.29, 1.82) is 0 Å². The van der Waals surface area contributed by atoms with E-state index in [1.807, 2.05) is 6.92 Å². The van der Waals surface area contributed by atoms with Gasteiger partial charge in [-0.15, -0.1) is 0 Å². The second-order valence-corrected chi connectivity index (χ2v) is 5.03. The van der Waals surface area contributed by atoms with Gasteiger partial charge in [-0.2, -0.15) is 0 Å². The Hall–Kier alpha value is -0.300. The molecule has 1 unspecified atom stereocenters. The summed E-state index contributed by atoms with van der Waals surface area (Å²) < 4.78 is 0. The van der Waals surface area contributed by atoms with Crippen molar-refractivity contribution in [2.45, 2.75) is 53.1 Å². The van der Waals surface area contributed by atoms with E-state index < -0.39 is 0 Å². The maximum Gasteiger partial charge on any atom is 0.0545 e. The van der Waals surface area contributed by atoms with Crippen LogP contribution in [0.4, 0.5) is 0 Å². The maximum absolute atomic E-state index is 9.42. The fourth-order valence-electron chi connectivity index (χ4n) is 2.17. The summed E-state index contributed by atoms with van der Waals surface area (Å²) in [6, 6.07) is 0. The quantitative estimate of drug-likeness (QED) is 0.662. The lowest BCUT2D eigenvalue weighted by molar-refractivity contribution is 0.151. The number of allylic oxidation sites excluding steroid dienone is 2. The van der Waals surface area contributed by atoms with Crippen LogP contribution in [0.2, 0.25) is 0 Å². The van der Waals surface area contributed by atoms with Crippen LogP contribution in [0.3, 0.4) is 0 Å². The fourth-order valence-corrected chi connectivity index (χ4v) is 2.17. The van der Waals surface area contributed by atoms with E-state index in [2.05, 4.69) is 26.8 Å². The Morgan fingerprint density at radius 1 is 1.62 bits per heavy atom. The molecule has 1 aliphatic rings. The molecule has 0 heterocycles. The first-order valence-electron chi connectivity index (χ1n) is 5.27. The van der Waals surface area contributed by atoms with E-state index in [4.69, 9.17) is 0 Å². The van der Waals surface area contributed by atoms with Gasteiger partial charge in [-0.1, -0.05) is 18.6 Å². The van der Waals surface area contributed by atoms with Crippen LogP contribution >= 0.6 is 0 Å². The molecule has 3 atom stereocenters. The van der Waals surface area contributed by atoms with Gasteiger partial charge in [0.25, 0.3) is 0 Å². The van der Waals surface area contributed by atoms with Crippen LogP contribution < -0.4 is 0 Å². The molecule has 1 aliphatic carbocycles. The van der Waals surface area contributed by atoms with Crippen molar-refractivity contribution in [3.05, 3.63) is 11.6 Å². The Morgan fingerprint density at radius 2 is 2.23 bits per heavy atom.